The molecule has 2 aromatic carbocycles. The fourth-order valence-corrected chi connectivity index (χ4v) is 4.57. The summed E-state index contributed by atoms with van der Waals surface area (Å²) in [5, 5.41) is 2.55. The number of nitrogens with zero attached hydrogens (tertiary/aromatic N) is 1. The first-order valence-corrected chi connectivity index (χ1v) is 11.9. The number of methoxy groups -OCH3 is 1. The zero-order valence-electron chi connectivity index (χ0n) is 18.2. The minimum Gasteiger partial charge on any atom is -0.497 e. The van der Waals surface area contributed by atoms with Crippen LogP contribution in [-0.4, -0.2) is 56.8 Å². The number of sulfone groups is 1. The van der Waals surface area contributed by atoms with Gasteiger partial charge in [-0.05, 0) is 31.2 Å². The summed E-state index contributed by atoms with van der Waals surface area (Å²) < 4.78 is 35.5. The van der Waals surface area contributed by atoms with E-state index in [9.17, 15) is 22.8 Å². The standard InChI is InChI=1S/C22H24N2O7S/c1-5-31-19-11-14(30-3)9-10-15(19)18(12-32(4,28)29)24-21(26)16-7-6-8-17(23-13(2)25)20(16)22(24)27/h6-11,18H,5,12H2,1-4H3,(H,23,25). The van der Waals surface area contributed by atoms with Gasteiger partial charge in [0.05, 0.1) is 42.3 Å². The average molecular weight is 461 g/mol. The van der Waals surface area contributed by atoms with Crippen LogP contribution in [0.25, 0.3) is 0 Å². The van der Waals surface area contributed by atoms with Gasteiger partial charge in [-0.1, -0.05) is 6.07 Å². The molecule has 0 aromatic heterocycles. The van der Waals surface area contributed by atoms with Crippen molar-refractivity contribution in [3.63, 3.8) is 0 Å². The Morgan fingerprint density at radius 1 is 1.16 bits per heavy atom. The zero-order chi connectivity index (χ0) is 23.6. The molecule has 0 aliphatic carbocycles. The first kappa shape index (κ1) is 23.3. The Morgan fingerprint density at radius 3 is 2.47 bits per heavy atom. The van der Waals surface area contributed by atoms with Crippen molar-refractivity contribution in [2.75, 3.05) is 31.0 Å². The van der Waals surface area contributed by atoms with Crippen LogP contribution in [0.2, 0.25) is 0 Å². The van der Waals surface area contributed by atoms with E-state index < -0.39 is 39.4 Å². The van der Waals surface area contributed by atoms with Gasteiger partial charge in [-0.2, -0.15) is 0 Å². The van der Waals surface area contributed by atoms with Gasteiger partial charge in [-0.15, -0.1) is 0 Å². The van der Waals surface area contributed by atoms with Crippen LogP contribution in [0.3, 0.4) is 0 Å². The third-order valence-corrected chi connectivity index (χ3v) is 5.83. The number of benzene rings is 2. The smallest absolute Gasteiger partial charge is 0.264 e. The molecule has 1 N–H and O–H groups in total. The van der Waals surface area contributed by atoms with Crippen molar-refractivity contribution in [3.05, 3.63) is 53.1 Å². The number of carbonyl (C=O) groups is 3. The Morgan fingerprint density at radius 2 is 1.88 bits per heavy atom. The lowest BCUT2D eigenvalue weighted by Crippen LogP contribution is -2.38. The Hall–Kier alpha value is -3.40. The highest BCUT2D eigenvalue weighted by atomic mass is 32.2. The van der Waals surface area contributed by atoms with Gasteiger partial charge in [-0.3, -0.25) is 19.3 Å². The number of hydrogen-bond donors (Lipinski definition) is 1. The molecular formula is C22H24N2O7S. The van der Waals surface area contributed by atoms with E-state index in [0.717, 1.165) is 11.2 Å². The lowest BCUT2D eigenvalue weighted by Gasteiger charge is -2.28. The summed E-state index contributed by atoms with van der Waals surface area (Å²) >= 11 is 0. The first-order chi connectivity index (χ1) is 15.1. The van der Waals surface area contributed by atoms with E-state index in [1.807, 2.05) is 0 Å². The summed E-state index contributed by atoms with van der Waals surface area (Å²) in [6, 6.07) is 8.15. The van der Waals surface area contributed by atoms with E-state index in [1.54, 1.807) is 31.2 Å². The average Bonchev–Trinajstić information content (AvgIpc) is 2.96. The molecular weight excluding hydrogens is 436 g/mol. The molecule has 3 rings (SSSR count). The third-order valence-electron chi connectivity index (χ3n) is 4.91. The molecule has 1 atom stereocenters. The zero-order valence-corrected chi connectivity index (χ0v) is 19.0. The van der Waals surface area contributed by atoms with Crippen LogP contribution >= 0.6 is 0 Å². The largest absolute Gasteiger partial charge is 0.497 e. The predicted molar refractivity (Wildman–Crippen MR) is 118 cm³/mol. The van der Waals surface area contributed by atoms with Gasteiger partial charge >= 0.3 is 0 Å². The van der Waals surface area contributed by atoms with Crippen molar-refractivity contribution >= 4 is 33.2 Å². The maximum Gasteiger partial charge on any atom is 0.264 e. The normalized spacial score (nSPS) is 14.2. The van der Waals surface area contributed by atoms with Crippen molar-refractivity contribution < 1.29 is 32.3 Å². The van der Waals surface area contributed by atoms with Crippen LogP contribution in [0.1, 0.15) is 46.2 Å². The molecule has 170 valence electrons. The molecule has 0 radical (unpaired) electrons. The van der Waals surface area contributed by atoms with Crippen molar-refractivity contribution in [3.8, 4) is 11.5 Å². The quantitative estimate of drug-likeness (QED) is 0.601. The molecule has 0 saturated carbocycles. The molecule has 0 bridgehead atoms. The van der Waals surface area contributed by atoms with Crippen molar-refractivity contribution in [1.82, 2.24) is 4.90 Å². The monoisotopic (exact) mass is 460 g/mol. The number of hydrogen-bond acceptors (Lipinski definition) is 7. The van der Waals surface area contributed by atoms with Gasteiger partial charge in [0.1, 0.15) is 21.3 Å². The SMILES string of the molecule is CCOc1cc(OC)ccc1C(CS(C)(=O)=O)N1C(=O)c2cccc(NC(C)=O)c2C1=O. The molecule has 9 nitrogen and oxygen atoms in total. The number of anilines is 1. The van der Waals surface area contributed by atoms with E-state index in [1.165, 1.54) is 26.2 Å². The van der Waals surface area contributed by atoms with Gasteiger partial charge in [0, 0.05) is 24.8 Å². The maximum atomic E-state index is 13.4. The molecule has 0 spiro atoms. The Labute approximate surface area is 186 Å². The lowest BCUT2D eigenvalue weighted by molar-refractivity contribution is -0.114. The molecule has 1 aliphatic rings. The van der Waals surface area contributed by atoms with Gasteiger partial charge in [0.2, 0.25) is 5.91 Å². The second kappa shape index (κ2) is 8.99. The first-order valence-electron chi connectivity index (χ1n) is 9.84. The van der Waals surface area contributed by atoms with Crippen LogP contribution in [0.15, 0.2) is 36.4 Å². The number of amides is 3. The van der Waals surface area contributed by atoms with Gasteiger partial charge in [-0.25, -0.2) is 8.42 Å². The maximum absolute atomic E-state index is 13.4. The number of fused-ring (bicyclic) bond motifs is 1. The molecule has 1 heterocycles. The summed E-state index contributed by atoms with van der Waals surface area (Å²) in [7, 11) is -2.14. The van der Waals surface area contributed by atoms with Gasteiger partial charge < -0.3 is 14.8 Å². The second-order valence-electron chi connectivity index (χ2n) is 7.33. The molecule has 1 aliphatic heterocycles. The lowest BCUT2D eigenvalue weighted by atomic mass is 10.0. The van der Waals surface area contributed by atoms with Crippen LogP contribution in [-0.2, 0) is 14.6 Å². The highest BCUT2D eigenvalue weighted by Gasteiger charge is 2.44. The number of nitrogens with one attached hydrogen (secondary N) is 1. The van der Waals surface area contributed by atoms with Crippen molar-refractivity contribution in [2.24, 2.45) is 0 Å². The molecule has 0 fully saturated rings. The summed E-state index contributed by atoms with van der Waals surface area (Å²) in [4.78, 5) is 39.2. The molecule has 0 saturated heterocycles. The predicted octanol–water partition coefficient (Wildman–Crippen LogP) is 2.43. The Bertz CT molecular complexity index is 1190. The number of ether oxygens (including phenoxy) is 2. The van der Waals surface area contributed by atoms with E-state index in [0.29, 0.717) is 17.1 Å². The molecule has 2 aromatic rings. The highest BCUT2D eigenvalue weighted by Crippen LogP contribution is 2.39. The van der Waals surface area contributed by atoms with Crippen molar-refractivity contribution in [1.29, 1.82) is 0 Å². The number of imide groups is 1. The second-order valence-corrected chi connectivity index (χ2v) is 9.52. The van der Waals surface area contributed by atoms with Gasteiger partial charge in [0.25, 0.3) is 11.8 Å². The van der Waals surface area contributed by atoms with E-state index in [-0.39, 0.29) is 23.4 Å². The summed E-state index contributed by atoms with van der Waals surface area (Å²) in [5.74, 6) is -1.46. The fourth-order valence-electron chi connectivity index (χ4n) is 3.67. The van der Waals surface area contributed by atoms with E-state index in [4.69, 9.17) is 9.47 Å². The topological polar surface area (TPSA) is 119 Å². The van der Waals surface area contributed by atoms with E-state index >= 15 is 0 Å². The van der Waals surface area contributed by atoms with E-state index in [2.05, 4.69) is 5.32 Å². The summed E-state index contributed by atoms with van der Waals surface area (Å²) in [6.07, 6.45) is 1.03. The Kier molecular flexibility index (Phi) is 6.54. The highest BCUT2D eigenvalue weighted by molar-refractivity contribution is 7.90. The minimum atomic E-state index is -3.62. The fraction of sp³-hybridized carbons (Fsp3) is 0.318. The molecule has 10 heteroatoms. The number of carbonyl (C=O) groups excluding carboxylic acids is 3. The van der Waals surface area contributed by atoms with Crippen molar-refractivity contribution in [2.45, 2.75) is 19.9 Å². The third kappa shape index (κ3) is 4.59. The van der Waals surface area contributed by atoms with Crippen LogP contribution < -0.4 is 14.8 Å². The van der Waals surface area contributed by atoms with Crippen LogP contribution in [0.5, 0.6) is 11.5 Å². The Balaban J connectivity index is 2.17. The molecule has 1 unspecified atom stereocenters. The molecule has 3 amide bonds. The minimum absolute atomic E-state index is 0.0256. The number of rotatable bonds is 8. The van der Waals surface area contributed by atoms with Crippen LogP contribution in [0, 0.1) is 0 Å². The van der Waals surface area contributed by atoms with Crippen LogP contribution in [0.4, 0.5) is 5.69 Å². The summed E-state index contributed by atoms with van der Waals surface area (Å²) in [5.41, 5.74) is 0.659. The molecule has 32 heavy (non-hydrogen) atoms. The van der Waals surface area contributed by atoms with Gasteiger partial charge in [0.15, 0.2) is 0 Å². The summed E-state index contributed by atoms with van der Waals surface area (Å²) in [6.45, 7) is 3.33.